The standard InChI is InChI=1S/C8H16N2O5/c1-3(12)10-6-5(9)7(13)4(2-11)15-8(6)14/h4-8,11,13-14H,2,9H2,1H3,(H,10,12)/t4-,5-,6-,7-,8+/m1/s1. The van der Waals surface area contributed by atoms with Crippen LogP contribution in [0.25, 0.3) is 0 Å². The summed E-state index contributed by atoms with van der Waals surface area (Å²) < 4.78 is 4.89. The van der Waals surface area contributed by atoms with Gasteiger partial charge in [0.15, 0.2) is 6.29 Å². The summed E-state index contributed by atoms with van der Waals surface area (Å²) in [6.07, 6.45) is -3.39. The summed E-state index contributed by atoms with van der Waals surface area (Å²) >= 11 is 0. The number of rotatable bonds is 2. The molecule has 5 atom stereocenters. The molecule has 1 rings (SSSR count). The Morgan fingerprint density at radius 1 is 1.53 bits per heavy atom. The molecule has 0 bridgehead atoms. The van der Waals surface area contributed by atoms with Crippen molar-refractivity contribution in [3.8, 4) is 0 Å². The van der Waals surface area contributed by atoms with Crippen LogP contribution in [-0.4, -0.2) is 58.4 Å². The maximum absolute atomic E-state index is 10.8. The summed E-state index contributed by atoms with van der Waals surface area (Å²) in [5.74, 6) is -0.382. The van der Waals surface area contributed by atoms with E-state index in [-0.39, 0.29) is 5.91 Å². The number of hydrogen-bond acceptors (Lipinski definition) is 6. The summed E-state index contributed by atoms with van der Waals surface area (Å²) in [5, 5.41) is 30.2. The largest absolute Gasteiger partial charge is 0.394 e. The summed E-state index contributed by atoms with van der Waals surface area (Å²) in [4.78, 5) is 10.8. The van der Waals surface area contributed by atoms with Gasteiger partial charge in [0.25, 0.3) is 0 Å². The van der Waals surface area contributed by atoms with Crippen LogP contribution in [0, 0.1) is 0 Å². The Labute approximate surface area is 86.8 Å². The lowest BCUT2D eigenvalue weighted by Gasteiger charge is -2.40. The van der Waals surface area contributed by atoms with Crippen molar-refractivity contribution in [2.24, 2.45) is 5.73 Å². The summed E-state index contributed by atoms with van der Waals surface area (Å²) in [5.41, 5.74) is 5.61. The van der Waals surface area contributed by atoms with Gasteiger partial charge in [-0.1, -0.05) is 0 Å². The average molecular weight is 220 g/mol. The van der Waals surface area contributed by atoms with Gasteiger partial charge in [0.2, 0.25) is 5.91 Å². The van der Waals surface area contributed by atoms with E-state index in [0.29, 0.717) is 0 Å². The molecule has 1 heterocycles. The van der Waals surface area contributed by atoms with Crippen LogP contribution in [0.5, 0.6) is 0 Å². The molecule has 7 heteroatoms. The fraction of sp³-hybridized carbons (Fsp3) is 0.875. The minimum atomic E-state index is -1.33. The SMILES string of the molecule is CC(=O)N[C@@H]1[C@@H](N)[C@H](O)[C@@H](CO)O[C@@H]1O. The molecule has 0 aromatic rings. The molecule has 88 valence electrons. The van der Waals surface area contributed by atoms with Crippen molar-refractivity contribution in [3.63, 3.8) is 0 Å². The van der Waals surface area contributed by atoms with Crippen LogP contribution >= 0.6 is 0 Å². The summed E-state index contributed by atoms with van der Waals surface area (Å²) in [6.45, 7) is 0.822. The van der Waals surface area contributed by atoms with E-state index in [1.165, 1.54) is 6.92 Å². The number of carbonyl (C=O) groups is 1. The second-order valence-corrected chi connectivity index (χ2v) is 3.54. The van der Waals surface area contributed by atoms with Crippen LogP contribution in [0.2, 0.25) is 0 Å². The van der Waals surface area contributed by atoms with Crippen molar-refractivity contribution in [2.75, 3.05) is 6.61 Å². The third kappa shape index (κ3) is 2.64. The van der Waals surface area contributed by atoms with Gasteiger partial charge < -0.3 is 31.1 Å². The Morgan fingerprint density at radius 3 is 2.60 bits per heavy atom. The quantitative estimate of drug-likeness (QED) is 0.335. The van der Waals surface area contributed by atoms with Gasteiger partial charge in [-0.25, -0.2) is 0 Å². The highest BCUT2D eigenvalue weighted by Gasteiger charge is 2.42. The molecule has 6 N–H and O–H groups in total. The molecule has 1 fully saturated rings. The zero-order valence-electron chi connectivity index (χ0n) is 8.33. The number of nitrogens with one attached hydrogen (secondary N) is 1. The van der Waals surface area contributed by atoms with E-state index in [1.54, 1.807) is 0 Å². The molecule has 15 heavy (non-hydrogen) atoms. The molecule has 0 aliphatic carbocycles. The van der Waals surface area contributed by atoms with E-state index in [2.05, 4.69) is 5.32 Å². The zero-order chi connectivity index (χ0) is 11.6. The van der Waals surface area contributed by atoms with Crippen LogP contribution in [0.4, 0.5) is 0 Å². The normalized spacial score (nSPS) is 41.3. The fourth-order valence-corrected chi connectivity index (χ4v) is 1.55. The summed E-state index contributed by atoms with van der Waals surface area (Å²) in [7, 11) is 0. The Bertz CT molecular complexity index is 237. The monoisotopic (exact) mass is 220 g/mol. The van der Waals surface area contributed by atoms with Crippen molar-refractivity contribution in [1.82, 2.24) is 5.32 Å². The van der Waals surface area contributed by atoms with Crippen molar-refractivity contribution < 1.29 is 24.9 Å². The fourth-order valence-electron chi connectivity index (χ4n) is 1.55. The van der Waals surface area contributed by atoms with Crippen LogP contribution in [0.3, 0.4) is 0 Å². The van der Waals surface area contributed by atoms with Crippen molar-refractivity contribution in [3.05, 3.63) is 0 Å². The molecule has 0 radical (unpaired) electrons. The Hall–Kier alpha value is -0.730. The molecule has 1 saturated heterocycles. The van der Waals surface area contributed by atoms with Gasteiger partial charge in [-0.3, -0.25) is 4.79 Å². The highest BCUT2D eigenvalue weighted by Crippen LogP contribution is 2.18. The Kier molecular flexibility index (Phi) is 4.00. The van der Waals surface area contributed by atoms with E-state index < -0.39 is 37.2 Å². The number of ether oxygens (including phenoxy) is 1. The zero-order valence-corrected chi connectivity index (χ0v) is 8.33. The van der Waals surface area contributed by atoms with Crippen LogP contribution in [0.1, 0.15) is 6.92 Å². The number of nitrogens with two attached hydrogens (primary N) is 1. The maximum Gasteiger partial charge on any atom is 0.217 e. The third-order valence-corrected chi connectivity index (χ3v) is 2.36. The first-order valence-corrected chi connectivity index (χ1v) is 4.62. The second kappa shape index (κ2) is 4.86. The van der Waals surface area contributed by atoms with Crippen LogP contribution in [0.15, 0.2) is 0 Å². The third-order valence-electron chi connectivity index (χ3n) is 2.36. The van der Waals surface area contributed by atoms with Gasteiger partial charge in [0, 0.05) is 6.92 Å². The second-order valence-electron chi connectivity index (χ2n) is 3.54. The maximum atomic E-state index is 10.8. The lowest BCUT2D eigenvalue weighted by molar-refractivity contribution is -0.227. The molecule has 0 aromatic heterocycles. The molecule has 7 nitrogen and oxygen atoms in total. The number of aliphatic hydroxyl groups excluding tert-OH is 3. The average Bonchev–Trinajstić information content (AvgIpc) is 2.18. The summed E-state index contributed by atoms with van der Waals surface area (Å²) in [6, 6.07) is -1.75. The lowest BCUT2D eigenvalue weighted by Crippen LogP contribution is -2.67. The van der Waals surface area contributed by atoms with Crippen LogP contribution in [-0.2, 0) is 9.53 Å². The molecular weight excluding hydrogens is 204 g/mol. The van der Waals surface area contributed by atoms with E-state index >= 15 is 0 Å². The highest BCUT2D eigenvalue weighted by molar-refractivity contribution is 5.73. The van der Waals surface area contributed by atoms with Gasteiger partial charge in [0.1, 0.15) is 6.10 Å². The van der Waals surface area contributed by atoms with E-state index in [9.17, 15) is 15.0 Å². The van der Waals surface area contributed by atoms with E-state index in [0.717, 1.165) is 0 Å². The van der Waals surface area contributed by atoms with Gasteiger partial charge in [-0.05, 0) is 0 Å². The molecule has 1 amide bonds. The minimum Gasteiger partial charge on any atom is -0.394 e. The van der Waals surface area contributed by atoms with Crippen molar-refractivity contribution in [2.45, 2.75) is 37.5 Å². The number of carbonyl (C=O) groups excluding carboxylic acids is 1. The molecule has 0 aromatic carbocycles. The minimum absolute atomic E-state index is 0.382. The van der Waals surface area contributed by atoms with Crippen molar-refractivity contribution in [1.29, 1.82) is 0 Å². The first kappa shape index (κ1) is 12.3. The molecular formula is C8H16N2O5. The number of aliphatic hydroxyl groups is 3. The predicted octanol–water partition coefficient (Wildman–Crippen LogP) is -3.11. The molecule has 0 spiro atoms. The molecule has 1 aliphatic heterocycles. The van der Waals surface area contributed by atoms with E-state index in [1.807, 2.05) is 0 Å². The van der Waals surface area contributed by atoms with Gasteiger partial charge >= 0.3 is 0 Å². The topological polar surface area (TPSA) is 125 Å². The smallest absolute Gasteiger partial charge is 0.217 e. The van der Waals surface area contributed by atoms with Crippen molar-refractivity contribution >= 4 is 5.91 Å². The Balaban J connectivity index is 2.70. The predicted molar refractivity (Wildman–Crippen MR) is 49.6 cm³/mol. The van der Waals surface area contributed by atoms with Gasteiger partial charge in [-0.2, -0.15) is 0 Å². The number of amides is 1. The van der Waals surface area contributed by atoms with Gasteiger partial charge in [-0.15, -0.1) is 0 Å². The molecule has 0 unspecified atom stereocenters. The molecule has 1 aliphatic rings. The number of hydrogen-bond donors (Lipinski definition) is 5. The molecule has 0 saturated carbocycles. The Morgan fingerprint density at radius 2 is 2.13 bits per heavy atom. The highest BCUT2D eigenvalue weighted by atomic mass is 16.6. The van der Waals surface area contributed by atoms with Gasteiger partial charge in [0.05, 0.1) is 24.8 Å². The van der Waals surface area contributed by atoms with Crippen LogP contribution < -0.4 is 11.1 Å². The first-order chi connectivity index (χ1) is 6.97. The van der Waals surface area contributed by atoms with E-state index in [4.69, 9.17) is 15.6 Å². The lowest BCUT2D eigenvalue weighted by atomic mass is 9.95. The first-order valence-electron chi connectivity index (χ1n) is 4.62.